The standard InChI is InChI=1S/C19H29FN4O/c1-4-21-18(22-13-15-8-7-9-16(20)12-15)23-14-19(10-5-6-11-19)17(25)24(2)3/h7-9,12H,4-6,10-11,13-14H2,1-3H3,(H2,21,22,23). The average molecular weight is 348 g/mol. The van der Waals surface area contributed by atoms with Gasteiger partial charge in [0.1, 0.15) is 5.82 Å². The molecule has 25 heavy (non-hydrogen) atoms. The van der Waals surface area contributed by atoms with Crippen molar-refractivity contribution in [3.05, 3.63) is 35.6 Å². The number of hydrogen-bond donors (Lipinski definition) is 2. The fourth-order valence-electron chi connectivity index (χ4n) is 3.39. The molecule has 0 aliphatic heterocycles. The third-order valence-corrected chi connectivity index (χ3v) is 4.67. The number of nitrogens with one attached hydrogen (secondary N) is 2. The van der Waals surface area contributed by atoms with Crippen LogP contribution >= 0.6 is 0 Å². The van der Waals surface area contributed by atoms with E-state index in [9.17, 15) is 9.18 Å². The molecule has 0 saturated heterocycles. The molecule has 1 aliphatic carbocycles. The molecule has 2 N–H and O–H groups in total. The van der Waals surface area contributed by atoms with Crippen LogP contribution in [-0.2, 0) is 11.3 Å². The summed E-state index contributed by atoms with van der Waals surface area (Å²) < 4.78 is 13.3. The molecule has 0 radical (unpaired) electrons. The topological polar surface area (TPSA) is 56.7 Å². The van der Waals surface area contributed by atoms with Crippen LogP contribution in [0, 0.1) is 11.2 Å². The number of amides is 1. The van der Waals surface area contributed by atoms with Gasteiger partial charge in [0.05, 0.1) is 12.0 Å². The smallest absolute Gasteiger partial charge is 0.230 e. The van der Waals surface area contributed by atoms with Gasteiger partial charge in [-0.25, -0.2) is 9.38 Å². The lowest BCUT2D eigenvalue weighted by Crippen LogP contribution is -2.49. The zero-order valence-corrected chi connectivity index (χ0v) is 15.4. The van der Waals surface area contributed by atoms with Gasteiger partial charge in [-0.05, 0) is 37.5 Å². The van der Waals surface area contributed by atoms with Crippen molar-refractivity contribution >= 4 is 11.9 Å². The number of benzene rings is 1. The molecule has 1 amide bonds. The fourth-order valence-corrected chi connectivity index (χ4v) is 3.39. The van der Waals surface area contributed by atoms with Crippen LogP contribution in [0.1, 0.15) is 38.2 Å². The molecule has 138 valence electrons. The summed E-state index contributed by atoms with van der Waals surface area (Å²) in [5.74, 6) is 0.579. The molecule has 0 spiro atoms. The molecule has 1 saturated carbocycles. The summed E-state index contributed by atoms with van der Waals surface area (Å²) in [5.41, 5.74) is 0.468. The van der Waals surface area contributed by atoms with Crippen molar-refractivity contribution in [3.8, 4) is 0 Å². The second-order valence-corrected chi connectivity index (χ2v) is 6.87. The summed E-state index contributed by atoms with van der Waals surface area (Å²) >= 11 is 0. The minimum Gasteiger partial charge on any atom is -0.357 e. The Kier molecular flexibility index (Phi) is 6.79. The van der Waals surface area contributed by atoms with Crippen molar-refractivity contribution in [1.82, 2.24) is 15.5 Å². The molecule has 1 aromatic rings. The normalized spacial score (nSPS) is 16.6. The summed E-state index contributed by atoms with van der Waals surface area (Å²) in [4.78, 5) is 18.8. The Morgan fingerprint density at radius 2 is 2.00 bits per heavy atom. The highest BCUT2D eigenvalue weighted by Crippen LogP contribution is 2.38. The Balaban J connectivity index is 2.04. The molecule has 0 unspecified atom stereocenters. The molecule has 1 aromatic carbocycles. The van der Waals surface area contributed by atoms with E-state index in [1.165, 1.54) is 12.1 Å². The molecule has 1 fully saturated rings. The zero-order valence-electron chi connectivity index (χ0n) is 15.4. The van der Waals surface area contributed by atoms with E-state index >= 15 is 0 Å². The highest BCUT2D eigenvalue weighted by molar-refractivity contribution is 5.85. The Morgan fingerprint density at radius 1 is 1.28 bits per heavy atom. The first-order valence-electron chi connectivity index (χ1n) is 8.95. The van der Waals surface area contributed by atoms with Crippen LogP contribution in [-0.4, -0.2) is 44.0 Å². The molecule has 0 heterocycles. The Labute approximate surface area is 149 Å². The van der Waals surface area contributed by atoms with E-state index in [1.54, 1.807) is 11.0 Å². The van der Waals surface area contributed by atoms with Crippen LogP contribution in [0.3, 0.4) is 0 Å². The summed E-state index contributed by atoms with van der Waals surface area (Å²) in [5, 5.41) is 6.52. The van der Waals surface area contributed by atoms with Crippen molar-refractivity contribution in [2.45, 2.75) is 39.2 Å². The third-order valence-electron chi connectivity index (χ3n) is 4.67. The number of rotatable bonds is 6. The number of carbonyl (C=O) groups excluding carboxylic acids is 1. The number of nitrogens with zero attached hydrogens (tertiary/aromatic N) is 2. The Bertz CT molecular complexity index is 609. The van der Waals surface area contributed by atoms with Gasteiger partial charge in [-0.1, -0.05) is 25.0 Å². The Morgan fingerprint density at radius 3 is 2.60 bits per heavy atom. The maximum atomic E-state index is 13.3. The maximum absolute atomic E-state index is 13.3. The predicted octanol–water partition coefficient (Wildman–Crippen LogP) is 2.53. The maximum Gasteiger partial charge on any atom is 0.230 e. The van der Waals surface area contributed by atoms with Crippen molar-refractivity contribution in [2.24, 2.45) is 10.4 Å². The molecule has 6 heteroatoms. The molecule has 2 rings (SSSR count). The van der Waals surface area contributed by atoms with Gasteiger partial charge < -0.3 is 15.5 Å². The van der Waals surface area contributed by atoms with Crippen molar-refractivity contribution < 1.29 is 9.18 Å². The van der Waals surface area contributed by atoms with Crippen LogP contribution in [0.4, 0.5) is 4.39 Å². The van der Waals surface area contributed by atoms with Gasteiger partial charge in [-0.3, -0.25) is 4.79 Å². The van der Waals surface area contributed by atoms with E-state index in [0.717, 1.165) is 37.8 Å². The lowest BCUT2D eigenvalue weighted by molar-refractivity contribution is -0.138. The summed E-state index contributed by atoms with van der Waals surface area (Å²) in [6, 6.07) is 6.45. The van der Waals surface area contributed by atoms with Crippen LogP contribution in [0.5, 0.6) is 0 Å². The van der Waals surface area contributed by atoms with E-state index in [-0.39, 0.29) is 17.1 Å². The number of halogens is 1. The zero-order chi connectivity index (χ0) is 18.3. The van der Waals surface area contributed by atoms with E-state index in [1.807, 2.05) is 27.1 Å². The molecular formula is C19H29FN4O. The minimum atomic E-state index is -0.349. The van der Waals surface area contributed by atoms with Crippen LogP contribution in [0.2, 0.25) is 0 Å². The molecular weight excluding hydrogens is 319 g/mol. The van der Waals surface area contributed by atoms with Crippen LogP contribution in [0.25, 0.3) is 0 Å². The van der Waals surface area contributed by atoms with Gasteiger partial charge in [-0.2, -0.15) is 0 Å². The Hall–Kier alpha value is -2.11. The van der Waals surface area contributed by atoms with Gasteiger partial charge in [0.2, 0.25) is 5.91 Å². The van der Waals surface area contributed by atoms with E-state index in [4.69, 9.17) is 0 Å². The van der Waals surface area contributed by atoms with Gasteiger partial charge in [0.15, 0.2) is 5.96 Å². The number of hydrogen-bond acceptors (Lipinski definition) is 2. The van der Waals surface area contributed by atoms with Crippen molar-refractivity contribution in [2.75, 3.05) is 27.2 Å². The van der Waals surface area contributed by atoms with Crippen molar-refractivity contribution in [3.63, 3.8) is 0 Å². The summed E-state index contributed by atoms with van der Waals surface area (Å²) in [6.07, 6.45) is 3.97. The van der Waals surface area contributed by atoms with Gasteiger partial charge in [0, 0.05) is 27.2 Å². The monoisotopic (exact) mass is 348 g/mol. The molecule has 0 aromatic heterocycles. The van der Waals surface area contributed by atoms with Gasteiger partial charge >= 0.3 is 0 Å². The van der Waals surface area contributed by atoms with Crippen LogP contribution in [0.15, 0.2) is 29.3 Å². The first-order chi connectivity index (χ1) is 12.0. The number of guanidine groups is 1. The van der Waals surface area contributed by atoms with E-state index in [0.29, 0.717) is 19.0 Å². The second kappa shape index (κ2) is 8.83. The number of aliphatic imine (C=N–C) groups is 1. The van der Waals surface area contributed by atoms with E-state index < -0.39 is 0 Å². The SMILES string of the molecule is CCNC(=NCc1cccc(F)c1)NCC1(C(=O)N(C)C)CCCC1. The summed E-state index contributed by atoms with van der Waals surface area (Å²) in [6.45, 7) is 3.68. The first kappa shape index (κ1) is 19.2. The minimum absolute atomic E-state index is 0.179. The van der Waals surface area contributed by atoms with Crippen molar-refractivity contribution in [1.29, 1.82) is 0 Å². The molecule has 1 aliphatic rings. The van der Waals surface area contributed by atoms with Gasteiger partial charge in [-0.15, -0.1) is 0 Å². The predicted molar refractivity (Wildman–Crippen MR) is 98.8 cm³/mol. The largest absolute Gasteiger partial charge is 0.357 e. The quantitative estimate of drug-likeness (QED) is 0.614. The summed E-state index contributed by atoms with van der Waals surface area (Å²) in [7, 11) is 3.62. The van der Waals surface area contributed by atoms with Gasteiger partial charge in [0.25, 0.3) is 0 Å². The average Bonchev–Trinajstić information content (AvgIpc) is 3.06. The molecule has 0 atom stereocenters. The first-order valence-corrected chi connectivity index (χ1v) is 8.95. The highest BCUT2D eigenvalue weighted by Gasteiger charge is 2.42. The van der Waals surface area contributed by atoms with E-state index in [2.05, 4.69) is 15.6 Å². The molecule has 5 nitrogen and oxygen atoms in total. The highest BCUT2D eigenvalue weighted by atomic mass is 19.1. The number of carbonyl (C=O) groups is 1. The lowest BCUT2D eigenvalue weighted by atomic mass is 9.84. The molecule has 0 bridgehead atoms. The second-order valence-electron chi connectivity index (χ2n) is 6.87. The third kappa shape index (κ3) is 5.18. The lowest BCUT2D eigenvalue weighted by Gasteiger charge is -2.31. The van der Waals surface area contributed by atoms with Crippen LogP contribution < -0.4 is 10.6 Å². The fraction of sp³-hybridized carbons (Fsp3) is 0.579.